The van der Waals surface area contributed by atoms with Crippen LogP contribution >= 0.6 is 15.9 Å². The first-order valence-electron chi connectivity index (χ1n) is 6.04. The molecule has 0 spiro atoms. The highest BCUT2D eigenvalue weighted by molar-refractivity contribution is 9.09. The third-order valence-corrected chi connectivity index (χ3v) is 5.83. The van der Waals surface area contributed by atoms with Gasteiger partial charge in [0.05, 0.1) is 10.6 Å². The highest BCUT2D eigenvalue weighted by atomic mass is 79.9. The molecule has 0 saturated carbocycles. The molecule has 0 amide bonds. The van der Waals surface area contributed by atoms with Crippen LogP contribution < -0.4 is 4.90 Å². The molecular weight excluding hydrogens is 314 g/mol. The van der Waals surface area contributed by atoms with Gasteiger partial charge in [-0.25, -0.2) is 8.42 Å². The molecule has 0 N–H and O–H groups in total. The molecule has 0 aliphatic rings. The Balaban J connectivity index is 2.93. The molecule has 1 aromatic rings. The Morgan fingerprint density at radius 2 is 1.83 bits per heavy atom. The van der Waals surface area contributed by atoms with E-state index in [-0.39, 0.29) is 5.75 Å². The number of rotatable bonds is 6. The van der Waals surface area contributed by atoms with Crippen molar-refractivity contribution in [3.63, 3.8) is 0 Å². The van der Waals surface area contributed by atoms with Gasteiger partial charge >= 0.3 is 0 Å². The minimum absolute atomic E-state index is 0.208. The van der Waals surface area contributed by atoms with E-state index in [9.17, 15) is 8.42 Å². The van der Waals surface area contributed by atoms with Crippen molar-refractivity contribution in [3.8, 4) is 0 Å². The van der Waals surface area contributed by atoms with Gasteiger partial charge in [0.1, 0.15) is 0 Å². The first-order chi connectivity index (χ1) is 8.42. The van der Waals surface area contributed by atoms with Crippen molar-refractivity contribution >= 4 is 31.5 Å². The number of halogens is 1. The fourth-order valence-corrected chi connectivity index (χ4v) is 3.39. The van der Waals surface area contributed by atoms with Gasteiger partial charge in [0, 0.05) is 24.1 Å². The van der Waals surface area contributed by atoms with E-state index in [0.29, 0.717) is 17.4 Å². The molecule has 0 bridgehead atoms. The third-order valence-electron chi connectivity index (χ3n) is 2.96. The molecule has 1 rings (SSSR count). The molecule has 3 nitrogen and oxygen atoms in total. The second kappa shape index (κ2) is 6.57. The fraction of sp³-hybridized carbons (Fsp3) is 0.538. The average molecular weight is 334 g/mol. The van der Waals surface area contributed by atoms with Crippen molar-refractivity contribution in [1.82, 2.24) is 0 Å². The lowest BCUT2D eigenvalue weighted by Crippen LogP contribution is -2.29. The summed E-state index contributed by atoms with van der Waals surface area (Å²) in [5.74, 6) is 0.208. The number of anilines is 1. The molecular formula is C13H20BrNO2S. The van der Waals surface area contributed by atoms with Crippen molar-refractivity contribution in [2.45, 2.75) is 31.2 Å². The number of hydrogen-bond acceptors (Lipinski definition) is 3. The van der Waals surface area contributed by atoms with Gasteiger partial charge in [0.25, 0.3) is 0 Å². The summed E-state index contributed by atoms with van der Waals surface area (Å²) in [7, 11) is -1.10. The van der Waals surface area contributed by atoms with Crippen molar-refractivity contribution in [1.29, 1.82) is 0 Å². The Morgan fingerprint density at radius 3 is 2.28 bits per heavy atom. The Hall–Kier alpha value is -0.550. The molecule has 1 unspecified atom stereocenters. The first-order valence-corrected chi connectivity index (χ1v) is 8.81. The molecule has 5 heteroatoms. The van der Waals surface area contributed by atoms with Gasteiger partial charge in [-0.15, -0.1) is 0 Å². The lowest BCUT2D eigenvalue weighted by molar-refractivity contribution is 0.594. The van der Waals surface area contributed by atoms with Crippen LogP contribution in [0.1, 0.15) is 20.3 Å². The normalized spacial score (nSPS) is 13.3. The van der Waals surface area contributed by atoms with E-state index in [1.165, 1.54) is 0 Å². The summed E-state index contributed by atoms with van der Waals surface area (Å²) < 4.78 is 23.8. The Kier molecular flexibility index (Phi) is 5.66. The minimum atomic E-state index is -3.11. The van der Waals surface area contributed by atoms with E-state index < -0.39 is 9.84 Å². The Morgan fingerprint density at radius 1 is 1.28 bits per heavy atom. The Labute approximate surface area is 118 Å². The minimum Gasteiger partial charge on any atom is -0.371 e. The molecule has 1 aromatic carbocycles. The number of alkyl halides is 1. The largest absolute Gasteiger partial charge is 0.371 e. The van der Waals surface area contributed by atoms with Gasteiger partial charge < -0.3 is 4.90 Å². The Bertz CT molecular complexity index is 470. The van der Waals surface area contributed by atoms with Gasteiger partial charge in [-0.2, -0.15) is 0 Å². The van der Waals surface area contributed by atoms with E-state index in [0.717, 1.165) is 11.0 Å². The van der Waals surface area contributed by atoms with E-state index in [1.807, 2.05) is 26.1 Å². The van der Waals surface area contributed by atoms with Gasteiger partial charge in [-0.3, -0.25) is 0 Å². The first kappa shape index (κ1) is 15.5. The van der Waals surface area contributed by atoms with E-state index >= 15 is 0 Å². The summed E-state index contributed by atoms with van der Waals surface area (Å²) in [4.78, 5) is 2.53. The van der Waals surface area contributed by atoms with Gasteiger partial charge in [0.2, 0.25) is 0 Å². The topological polar surface area (TPSA) is 37.4 Å². The molecule has 102 valence electrons. The quantitative estimate of drug-likeness (QED) is 0.750. The third kappa shape index (κ3) is 3.72. The molecule has 0 radical (unpaired) electrons. The second-order valence-electron chi connectivity index (χ2n) is 4.43. The molecule has 0 fully saturated rings. The SMILES string of the molecule is CCCS(=O)(=O)c1ccc(N(C)C(C)CBr)cc1. The molecule has 1 atom stereocenters. The van der Waals surface area contributed by atoms with E-state index in [2.05, 4.69) is 27.8 Å². The van der Waals surface area contributed by atoms with Crippen molar-refractivity contribution in [2.75, 3.05) is 23.0 Å². The summed E-state index contributed by atoms with van der Waals surface area (Å²) >= 11 is 3.44. The number of sulfone groups is 1. The lowest BCUT2D eigenvalue weighted by atomic mass is 10.2. The van der Waals surface area contributed by atoms with Crippen LogP contribution in [0.4, 0.5) is 5.69 Å². The smallest absolute Gasteiger partial charge is 0.178 e. The standard InChI is InChI=1S/C13H20BrNO2S/c1-4-9-18(16,17)13-7-5-12(6-8-13)15(3)11(2)10-14/h5-8,11H,4,9-10H2,1-3H3. The zero-order valence-corrected chi connectivity index (χ0v) is 13.5. The van der Waals surface area contributed by atoms with Crippen molar-refractivity contribution in [3.05, 3.63) is 24.3 Å². The van der Waals surface area contributed by atoms with Crippen LogP contribution in [-0.2, 0) is 9.84 Å². The van der Waals surface area contributed by atoms with E-state index in [4.69, 9.17) is 0 Å². The van der Waals surface area contributed by atoms with Crippen LogP contribution in [0.25, 0.3) is 0 Å². The number of nitrogens with zero attached hydrogens (tertiary/aromatic N) is 1. The molecule has 0 aliphatic carbocycles. The molecule has 0 aromatic heterocycles. The maximum absolute atomic E-state index is 11.9. The predicted octanol–water partition coefficient (Wildman–Crippen LogP) is 3.09. The number of hydrogen-bond donors (Lipinski definition) is 0. The summed E-state index contributed by atoms with van der Waals surface area (Å²) in [5.41, 5.74) is 1.03. The summed E-state index contributed by atoms with van der Waals surface area (Å²) in [5, 5.41) is 0.874. The monoisotopic (exact) mass is 333 g/mol. The summed E-state index contributed by atoms with van der Waals surface area (Å²) in [6.45, 7) is 3.98. The zero-order chi connectivity index (χ0) is 13.8. The van der Waals surface area contributed by atoms with Gasteiger partial charge in [-0.05, 0) is 37.6 Å². The number of benzene rings is 1. The van der Waals surface area contributed by atoms with Crippen LogP contribution in [-0.4, -0.2) is 32.6 Å². The van der Waals surface area contributed by atoms with Gasteiger partial charge in [0.15, 0.2) is 9.84 Å². The highest BCUT2D eigenvalue weighted by Gasteiger charge is 2.14. The predicted molar refractivity (Wildman–Crippen MR) is 80.4 cm³/mol. The van der Waals surface area contributed by atoms with Crippen LogP contribution in [0, 0.1) is 0 Å². The fourth-order valence-electron chi connectivity index (χ4n) is 1.63. The highest BCUT2D eigenvalue weighted by Crippen LogP contribution is 2.20. The van der Waals surface area contributed by atoms with Crippen molar-refractivity contribution in [2.24, 2.45) is 0 Å². The summed E-state index contributed by atoms with van der Waals surface area (Å²) in [6.07, 6.45) is 0.643. The average Bonchev–Trinajstić information content (AvgIpc) is 2.37. The van der Waals surface area contributed by atoms with Gasteiger partial charge in [-0.1, -0.05) is 22.9 Å². The maximum Gasteiger partial charge on any atom is 0.178 e. The zero-order valence-electron chi connectivity index (χ0n) is 11.1. The van der Waals surface area contributed by atoms with E-state index in [1.54, 1.807) is 12.1 Å². The molecule has 0 aliphatic heterocycles. The van der Waals surface area contributed by atoms with Crippen LogP contribution in [0.3, 0.4) is 0 Å². The molecule has 0 heterocycles. The summed E-state index contributed by atoms with van der Waals surface area (Å²) in [6, 6.07) is 7.47. The maximum atomic E-state index is 11.9. The van der Waals surface area contributed by atoms with Crippen LogP contribution in [0.2, 0.25) is 0 Å². The lowest BCUT2D eigenvalue weighted by Gasteiger charge is -2.25. The molecule has 18 heavy (non-hydrogen) atoms. The second-order valence-corrected chi connectivity index (χ2v) is 7.18. The van der Waals surface area contributed by atoms with Crippen LogP contribution in [0.15, 0.2) is 29.2 Å². The van der Waals surface area contributed by atoms with Crippen molar-refractivity contribution < 1.29 is 8.42 Å². The molecule has 0 saturated heterocycles. The van der Waals surface area contributed by atoms with Crippen LogP contribution in [0.5, 0.6) is 0 Å².